The molecule has 1 unspecified atom stereocenters. The quantitative estimate of drug-likeness (QED) is 0.368. The van der Waals surface area contributed by atoms with Gasteiger partial charge in [-0.3, -0.25) is 14.6 Å². The molecule has 1 saturated heterocycles. The predicted molar refractivity (Wildman–Crippen MR) is 119 cm³/mol. The van der Waals surface area contributed by atoms with Gasteiger partial charge in [0, 0.05) is 24.5 Å². The van der Waals surface area contributed by atoms with Gasteiger partial charge in [0.1, 0.15) is 11.6 Å². The summed E-state index contributed by atoms with van der Waals surface area (Å²) in [7, 11) is 0. The smallest absolute Gasteiger partial charge is 0.295 e. The maximum Gasteiger partial charge on any atom is 0.295 e. The van der Waals surface area contributed by atoms with Crippen molar-refractivity contribution >= 4 is 17.4 Å². The van der Waals surface area contributed by atoms with E-state index in [2.05, 4.69) is 4.98 Å². The van der Waals surface area contributed by atoms with Gasteiger partial charge in [0.2, 0.25) is 0 Å². The number of hydrogen-bond donors (Lipinski definition) is 1. The summed E-state index contributed by atoms with van der Waals surface area (Å²) in [6.45, 7) is 3.99. The molecule has 1 amide bonds. The van der Waals surface area contributed by atoms with Crippen LogP contribution in [0.3, 0.4) is 0 Å². The van der Waals surface area contributed by atoms with Gasteiger partial charge in [0.25, 0.3) is 11.7 Å². The van der Waals surface area contributed by atoms with Gasteiger partial charge in [-0.1, -0.05) is 29.8 Å². The Bertz CT molecular complexity index is 1200. The zero-order valence-electron chi connectivity index (χ0n) is 17.9. The van der Waals surface area contributed by atoms with E-state index in [0.717, 1.165) is 16.7 Å². The van der Waals surface area contributed by atoms with Gasteiger partial charge < -0.3 is 10.0 Å². The molecule has 0 bridgehead atoms. The van der Waals surface area contributed by atoms with Crippen molar-refractivity contribution in [2.45, 2.75) is 26.3 Å². The lowest BCUT2D eigenvalue weighted by atomic mass is 9.93. The van der Waals surface area contributed by atoms with E-state index in [-0.39, 0.29) is 23.7 Å². The number of Topliss-reactive ketones (excluding diaryl/α,β-unsaturated/α-hetero) is 1. The van der Waals surface area contributed by atoms with Crippen molar-refractivity contribution in [2.24, 2.45) is 0 Å². The second kappa shape index (κ2) is 8.75. The number of ketones is 1. The van der Waals surface area contributed by atoms with Crippen LogP contribution in [0.1, 0.15) is 33.9 Å². The van der Waals surface area contributed by atoms with Crippen LogP contribution in [-0.4, -0.2) is 33.2 Å². The maximum atomic E-state index is 13.2. The number of rotatable bonds is 5. The second-order valence-electron chi connectivity index (χ2n) is 7.97. The van der Waals surface area contributed by atoms with Gasteiger partial charge in [-0.15, -0.1) is 0 Å². The Hall–Kier alpha value is -3.80. The van der Waals surface area contributed by atoms with E-state index < -0.39 is 17.7 Å². The lowest BCUT2D eigenvalue weighted by Crippen LogP contribution is -2.31. The Morgan fingerprint density at radius 2 is 1.72 bits per heavy atom. The molecule has 0 aliphatic carbocycles. The molecule has 32 heavy (non-hydrogen) atoms. The van der Waals surface area contributed by atoms with Crippen LogP contribution < -0.4 is 0 Å². The molecule has 5 nitrogen and oxygen atoms in total. The van der Waals surface area contributed by atoms with Gasteiger partial charge in [-0.25, -0.2) is 4.39 Å². The average Bonchev–Trinajstić information content (AvgIpc) is 3.05. The summed E-state index contributed by atoms with van der Waals surface area (Å²) in [6, 6.07) is 14.4. The Morgan fingerprint density at radius 3 is 2.41 bits per heavy atom. The lowest BCUT2D eigenvalue weighted by Gasteiger charge is -2.25. The van der Waals surface area contributed by atoms with Crippen LogP contribution in [0.2, 0.25) is 0 Å². The first-order valence-electron chi connectivity index (χ1n) is 10.4. The molecule has 0 spiro atoms. The molecule has 4 rings (SSSR count). The van der Waals surface area contributed by atoms with E-state index >= 15 is 0 Å². The number of benzene rings is 2. The second-order valence-corrected chi connectivity index (χ2v) is 7.97. The van der Waals surface area contributed by atoms with Gasteiger partial charge in [0.05, 0.1) is 11.6 Å². The van der Waals surface area contributed by atoms with Gasteiger partial charge >= 0.3 is 0 Å². The number of aliphatic hydroxyl groups excluding tert-OH is 1. The fourth-order valence-corrected chi connectivity index (χ4v) is 4.04. The number of nitrogens with zero attached hydrogens (tertiary/aromatic N) is 2. The zero-order valence-corrected chi connectivity index (χ0v) is 17.9. The van der Waals surface area contributed by atoms with Gasteiger partial charge in [0.15, 0.2) is 0 Å². The molecule has 3 aromatic rings. The highest BCUT2D eigenvalue weighted by Crippen LogP contribution is 2.39. The third kappa shape index (κ3) is 4.04. The molecule has 1 aliphatic rings. The van der Waals surface area contributed by atoms with Crippen molar-refractivity contribution < 1.29 is 19.1 Å². The largest absolute Gasteiger partial charge is 0.507 e. The van der Waals surface area contributed by atoms with Crippen LogP contribution in [0.4, 0.5) is 4.39 Å². The Morgan fingerprint density at radius 1 is 1.03 bits per heavy atom. The molecular weight excluding hydrogens is 407 g/mol. The molecule has 0 radical (unpaired) electrons. The molecule has 1 aliphatic heterocycles. The summed E-state index contributed by atoms with van der Waals surface area (Å²) in [6.07, 6.45) is 3.62. The maximum absolute atomic E-state index is 13.2. The fourth-order valence-electron chi connectivity index (χ4n) is 4.04. The van der Waals surface area contributed by atoms with Crippen LogP contribution >= 0.6 is 0 Å². The molecule has 2 aromatic carbocycles. The summed E-state index contributed by atoms with van der Waals surface area (Å²) >= 11 is 0. The Kier molecular flexibility index (Phi) is 5.86. The van der Waals surface area contributed by atoms with Crippen LogP contribution in [0.15, 0.2) is 72.6 Å². The van der Waals surface area contributed by atoms with E-state index in [1.54, 1.807) is 42.7 Å². The standard InChI is InChI=1S/C26H23FN2O3/c1-16-3-4-17(2)21(15-16)24(30)22-23(19-9-12-28-13-10-19)29(26(32)25(22)31)14-11-18-5-7-20(27)8-6-18/h3-10,12-13,15,23,30H,11,14H2,1-2H3/b24-22+. The first-order valence-corrected chi connectivity index (χ1v) is 10.4. The summed E-state index contributed by atoms with van der Waals surface area (Å²) in [5.74, 6) is -1.90. The highest BCUT2D eigenvalue weighted by molar-refractivity contribution is 6.46. The van der Waals surface area contributed by atoms with Crippen molar-refractivity contribution in [3.63, 3.8) is 0 Å². The fraction of sp³-hybridized carbons (Fsp3) is 0.192. The third-order valence-corrected chi connectivity index (χ3v) is 5.76. The summed E-state index contributed by atoms with van der Waals surface area (Å²) in [5.41, 5.74) is 3.86. The minimum atomic E-state index is -0.738. The topological polar surface area (TPSA) is 70.5 Å². The van der Waals surface area contributed by atoms with Crippen LogP contribution in [0, 0.1) is 19.7 Å². The molecule has 2 heterocycles. The van der Waals surface area contributed by atoms with E-state index in [0.29, 0.717) is 17.5 Å². The van der Waals surface area contributed by atoms with Crippen molar-refractivity contribution in [1.82, 2.24) is 9.88 Å². The summed E-state index contributed by atoms with van der Waals surface area (Å²) < 4.78 is 13.2. The molecule has 162 valence electrons. The van der Waals surface area contributed by atoms with E-state index in [1.165, 1.54) is 17.0 Å². The van der Waals surface area contributed by atoms with Gasteiger partial charge in [-0.05, 0) is 67.3 Å². The van der Waals surface area contributed by atoms with Crippen molar-refractivity contribution in [3.05, 3.63) is 106 Å². The average molecular weight is 430 g/mol. The van der Waals surface area contributed by atoms with Crippen LogP contribution in [0.25, 0.3) is 5.76 Å². The number of hydrogen-bond acceptors (Lipinski definition) is 4. The van der Waals surface area contributed by atoms with E-state index in [4.69, 9.17) is 0 Å². The molecule has 1 N–H and O–H groups in total. The number of aliphatic hydroxyl groups is 1. The number of amides is 1. The summed E-state index contributed by atoms with van der Waals surface area (Å²) in [5, 5.41) is 11.2. The minimum absolute atomic E-state index is 0.0639. The van der Waals surface area contributed by atoms with Crippen LogP contribution in [0.5, 0.6) is 0 Å². The Labute approximate surface area is 185 Å². The van der Waals surface area contributed by atoms with Crippen molar-refractivity contribution in [1.29, 1.82) is 0 Å². The molecule has 0 saturated carbocycles. The van der Waals surface area contributed by atoms with Crippen LogP contribution in [-0.2, 0) is 16.0 Å². The first-order chi connectivity index (χ1) is 15.4. The molecule has 1 atom stereocenters. The van der Waals surface area contributed by atoms with Gasteiger partial charge in [-0.2, -0.15) is 0 Å². The zero-order chi connectivity index (χ0) is 22.8. The summed E-state index contributed by atoms with van der Waals surface area (Å²) in [4.78, 5) is 31.6. The molecule has 1 fully saturated rings. The number of carbonyl (C=O) groups excluding carboxylic acids is 2. The number of likely N-dealkylation sites (tertiary alicyclic amines) is 1. The number of aromatic nitrogens is 1. The highest BCUT2D eigenvalue weighted by Gasteiger charge is 2.45. The number of halogens is 1. The minimum Gasteiger partial charge on any atom is -0.507 e. The molecular formula is C26H23FN2O3. The normalized spacial score (nSPS) is 17.7. The van der Waals surface area contributed by atoms with E-state index in [1.807, 2.05) is 26.0 Å². The third-order valence-electron chi connectivity index (χ3n) is 5.76. The molecule has 6 heteroatoms. The lowest BCUT2D eigenvalue weighted by molar-refractivity contribution is -0.139. The number of aryl methyl sites for hydroxylation is 2. The molecule has 1 aromatic heterocycles. The number of pyridine rings is 1. The van der Waals surface area contributed by atoms with E-state index in [9.17, 15) is 19.1 Å². The SMILES string of the molecule is Cc1ccc(C)c(/C(O)=C2\C(=O)C(=O)N(CCc3ccc(F)cc3)C2c2ccncc2)c1. The highest BCUT2D eigenvalue weighted by atomic mass is 19.1. The number of carbonyl (C=O) groups is 2. The first kappa shape index (κ1) is 21.4. The predicted octanol–water partition coefficient (Wildman–Crippen LogP) is 4.50. The van der Waals surface area contributed by atoms with Crippen molar-refractivity contribution in [2.75, 3.05) is 6.54 Å². The Balaban J connectivity index is 1.79. The monoisotopic (exact) mass is 430 g/mol. The van der Waals surface area contributed by atoms with Crippen molar-refractivity contribution in [3.8, 4) is 0 Å².